The van der Waals surface area contributed by atoms with Gasteiger partial charge >= 0.3 is 0 Å². The minimum Gasteiger partial charge on any atom is -0.494 e. The first-order chi connectivity index (χ1) is 12.2. The number of carbonyl (C=O) groups excluding carboxylic acids is 1. The maximum atomic E-state index is 12.8. The summed E-state index contributed by atoms with van der Waals surface area (Å²) in [6.07, 6.45) is 2.37. The van der Waals surface area contributed by atoms with Gasteiger partial charge in [-0.15, -0.1) is 10.2 Å². The van der Waals surface area contributed by atoms with Crippen molar-refractivity contribution in [2.24, 2.45) is 0 Å². The number of benzene rings is 1. The molecule has 25 heavy (non-hydrogen) atoms. The van der Waals surface area contributed by atoms with Crippen molar-refractivity contribution in [3.05, 3.63) is 42.1 Å². The zero-order valence-electron chi connectivity index (χ0n) is 14.8. The molecule has 6 nitrogen and oxygen atoms in total. The molecule has 2 heterocycles. The van der Waals surface area contributed by atoms with Crippen molar-refractivity contribution in [2.45, 2.75) is 26.7 Å². The molecule has 0 N–H and O–H groups in total. The molecule has 0 atom stereocenters. The summed E-state index contributed by atoms with van der Waals surface area (Å²) in [5.74, 6) is 1.50. The van der Waals surface area contributed by atoms with Crippen molar-refractivity contribution in [1.82, 2.24) is 10.2 Å². The Morgan fingerprint density at radius 1 is 1.08 bits per heavy atom. The summed E-state index contributed by atoms with van der Waals surface area (Å²) in [5, 5.41) is 8.40. The first-order valence-corrected chi connectivity index (χ1v) is 8.86. The molecule has 3 rings (SSSR count). The lowest BCUT2D eigenvalue weighted by Gasteiger charge is -2.21. The van der Waals surface area contributed by atoms with Gasteiger partial charge < -0.3 is 14.5 Å². The van der Waals surface area contributed by atoms with Gasteiger partial charge in [-0.1, -0.05) is 0 Å². The van der Waals surface area contributed by atoms with Gasteiger partial charge in [0.2, 0.25) is 0 Å². The van der Waals surface area contributed by atoms with Crippen LogP contribution in [0.1, 0.15) is 37.2 Å². The summed E-state index contributed by atoms with van der Waals surface area (Å²) < 4.78 is 5.45. The number of ether oxygens (including phenoxy) is 1. The largest absolute Gasteiger partial charge is 0.494 e. The Bertz CT molecular complexity index is 694. The number of hydrogen-bond acceptors (Lipinski definition) is 5. The molecule has 6 heteroatoms. The molecule has 1 amide bonds. The van der Waals surface area contributed by atoms with E-state index < -0.39 is 0 Å². The molecule has 1 aromatic heterocycles. The Morgan fingerprint density at radius 3 is 2.36 bits per heavy atom. The van der Waals surface area contributed by atoms with Crippen LogP contribution in [0.15, 0.2) is 36.4 Å². The zero-order chi connectivity index (χ0) is 17.6. The predicted octanol–water partition coefficient (Wildman–Crippen LogP) is 3.14. The number of rotatable bonds is 6. The second kappa shape index (κ2) is 7.96. The highest BCUT2D eigenvalue weighted by Crippen LogP contribution is 2.22. The Hall–Kier alpha value is -2.63. The average Bonchev–Trinajstić information content (AvgIpc) is 3.19. The number of nitrogens with zero attached hydrogens (tertiary/aromatic N) is 4. The molecule has 0 unspecified atom stereocenters. The van der Waals surface area contributed by atoms with E-state index in [2.05, 4.69) is 15.1 Å². The molecule has 1 aromatic carbocycles. The predicted molar refractivity (Wildman–Crippen MR) is 98.4 cm³/mol. The van der Waals surface area contributed by atoms with E-state index in [9.17, 15) is 4.79 Å². The Balaban J connectivity index is 1.74. The van der Waals surface area contributed by atoms with E-state index in [1.54, 1.807) is 11.0 Å². The van der Waals surface area contributed by atoms with Crippen LogP contribution in [0.4, 0.5) is 11.5 Å². The molecule has 1 aliphatic heterocycles. The number of aromatic nitrogens is 2. The number of amides is 1. The van der Waals surface area contributed by atoms with Gasteiger partial charge in [-0.2, -0.15) is 0 Å². The van der Waals surface area contributed by atoms with Crippen LogP contribution in [0, 0.1) is 0 Å². The van der Waals surface area contributed by atoms with Crippen molar-refractivity contribution < 1.29 is 9.53 Å². The van der Waals surface area contributed by atoms with E-state index in [0.29, 0.717) is 18.8 Å². The SMILES string of the molecule is CCOc1ccc(N(CC)C(=O)c2ccc(N3CCCC3)nn2)cc1. The standard InChI is InChI=1S/C19H24N4O2/c1-3-23(15-7-9-16(10-8-15)25-4-2)19(24)17-11-12-18(21-20-17)22-13-5-6-14-22/h7-12H,3-6,13-14H2,1-2H3. The second-order valence-electron chi connectivity index (χ2n) is 5.95. The summed E-state index contributed by atoms with van der Waals surface area (Å²) in [6, 6.07) is 11.2. The van der Waals surface area contributed by atoms with Crippen molar-refractivity contribution >= 4 is 17.4 Å². The number of anilines is 2. The van der Waals surface area contributed by atoms with E-state index in [1.165, 1.54) is 12.8 Å². The third-order valence-electron chi connectivity index (χ3n) is 4.32. The fourth-order valence-corrected chi connectivity index (χ4v) is 3.02. The maximum absolute atomic E-state index is 12.8. The minimum absolute atomic E-state index is 0.146. The van der Waals surface area contributed by atoms with Crippen molar-refractivity contribution in [2.75, 3.05) is 36.0 Å². The number of carbonyl (C=O) groups is 1. The molecular formula is C19H24N4O2. The molecular weight excluding hydrogens is 316 g/mol. The number of hydrogen-bond donors (Lipinski definition) is 0. The van der Waals surface area contributed by atoms with Crippen molar-refractivity contribution in [3.8, 4) is 5.75 Å². The molecule has 2 aromatic rings. The lowest BCUT2D eigenvalue weighted by Crippen LogP contribution is -2.31. The van der Waals surface area contributed by atoms with Crippen molar-refractivity contribution in [3.63, 3.8) is 0 Å². The van der Waals surface area contributed by atoms with Crippen molar-refractivity contribution in [1.29, 1.82) is 0 Å². The molecule has 0 aliphatic carbocycles. The molecule has 0 bridgehead atoms. The first kappa shape index (κ1) is 17.2. The smallest absolute Gasteiger partial charge is 0.278 e. The van der Waals surface area contributed by atoms with E-state index >= 15 is 0 Å². The third kappa shape index (κ3) is 3.90. The van der Waals surface area contributed by atoms with Gasteiger partial charge in [-0.25, -0.2) is 0 Å². The summed E-state index contributed by atoms with van der Waals surface area (Å²) in [5.41, 5.74) is 1.18. The van der Waals surface area contributed by atoms with Gasteiger partial charge in [-0.3, -0.25) is 4.79 Å². The summed E-state index contributed by atoms with van der Waals surface area (Å²) in [6.45, 7) is 7.09. The Morgan fingerprint density at radius 2 is 1.80 bits per heavy atom. The molecule has 1 saturated heterocycles. The fraction of sp³-hybridized carbons (Fsp3) is 0.421. The molecule has 132 valence electrons. The van der Waals surface area contributed by atoms with Gasteiger partial charge in [0.1, 0.15) is 5.75 Å². The maximum Gasteiger partial charge on any atom is 0.278 e. The quantitative estimate of drug-likeness (QED) is 0.808. The highest BCUT2D eigenvalue weighted by atomic mass is 16.5. The van der Waals surface area contributed by atoms with Crippen LogP contribution in [0.3, 0.4) is 0 Å². The van der Waals surface area contributed by atoms with Gasteiger partial charge in [0.15, 0.2) is 11.5 Å². The fourth-order valence-electron chi connectivity index (χ4n) is 3.02. The minimum atomic E-state index is -0.146. The lowest BCUT2D eigenvalue weighted by atomic mass is 10.2. The van der Waals surface area contributed by atoms with Crippen LogP contribution >= 0.6 is 0 Å². The monoisotopic (exact) mass is 340 g/mol. The second-order valence-corrected chi connectivity index (χ2v) is 5.95. The van der Waals surface area contributed by atoms with Crippen LogP contribution in [-0.4, -0.2) is 42.3 Å². The van der Waals surface area contributed by atoms with E-state index in [-0.39, 0.29) is 5.91 Å². The highest BCUT2D eigenvalue weighted by molar-refractivity contribution is 6.04. The highest BCUT2D eigenvalue weighted by Gasteiger charge is 2.19. The topological polar surface area (TPSA) is 58.6 Å². The van der Waals surface area contributed by atoms with Gasteiger partial charge in [0.05, 0.1) is 6.61 Å². The molecule has 1 aliphatic rings. The normalized spacial score (nSPS) is 13.8. The van der Waals surface area contributed by atoms with Crippen LogP contribution in [0.25, 0.3) is 0 Å². The zero-order valence-corrected chi connectivity index (χ0v) is 14.8. The van der Waals surface area contributed by atoms with Gasteiger partial charge in [-0.05, 0) is 63.1 Å². The van der Waals surface area contributed by atoms with Gasteiger partial charge in [0, 0.05) is 25.3 Å². The molecule has 0 spiro atoms. The van der Waals surface area contributed by atoms with Crippen LogP contribution in [0.5, 0.6) is 5.75 Å². The van der Waals surface area contributed by atoms with Gasteiger partial charge in [0.25, 0.3) is 5.91 Å². The first-order valence-electron chi connectivity index (χ1n) is 8.86. The summed E-state index contributed by atoms with van der Waals surface area (Å²) in [4.78, 5) is 16.7. The molecule has 0 saturated carbocycles. The van der Waals surface area contributed by atoms with Crippen LogP contribution in [-0.2, 0) is 0 Å². The summed E-state index contributed by atoms with van der Waals surface area (Å²) >= 11 is 0. The van der Waals surface area contributed by atoms with Crippen LogP contribution < -0.4 is 14.5 Å². The lowest BCUT2D eigenvalue weighted by molar-refractivity contribution is 0.0982. The van der Waals surface area contributed by atoms with Crippen LogP contribution in [0.2, 0.25) is 0 Å². The summed E-state index contributed by atoms with van der Waals surface area (Å²) in [7, 11) is 0. The Kier molecular flexibility index (Phi) is 5.48. The Labute approximate surface area is 148 Å². The average molecular weight is 340 g/mol. The van der Waals surface area contributed by atoms with E-state index in [0.717, 1.165) is 30.3 Å². The van der Waals surface area contributed by atoms with E-state index in [4.69, 9.17) is 4.74 Å². The molecule has 0 radical (unpaired) electrons. The third-order valence-corrected chi connectivity index (χ3v) is 4.32. The van der Waals surface area contributed by atoms with E-state index in [1.807, 2.05) is 44.2 Å². The molecule has 1 fully saturated rings.